The number of quaternary nitrogens is 1. The number of hydrogen-bond acceptors (Lipinski definition) is 6. The van der Waals surface area contributed by atoms with Gasteiger partial charge in [0, 0.05) is 13.0 Å². The molecule has 8 nitrogen and oxygen atoms in total. The summed E-state index contributed by atoms with van der Waals surface area (Å²) in [6, 6.07) is 0. The molecule has 0 heterocycles. The molecule has 0 radical (unpaired) electrons. The van der Waals surface area contributed by atoms with Crippen molar-refractivity contribution in [1.82, 2.24) is 0 Å². The standard InChI is InChI=1S/C53H102NO7P/c1-6-8-10-12-14-16-18-20-22-23-24-25-26-27-28-29-30-31-32-33-35-37-39-41-43-45-48-58-50-52(51-60-62(56,57)59-49-47-54(3,4)5)61-53(55)46-44-42-40-38-36-34-21-19-17-15-13-11-9-7-2/h13,15,19,21,23-24,52H,6-12,14,16-18,20,22,25-51H2,1-5H3/p+1/b15-13-,21-19-,24-23-. The third-order valence-electron chi connectivity index (χ3n) is 11.4. The first-order valence-electron chi connectivity index (χ1n) is 26.2. The molecule has 0 rings (SSSR count). The quantitative estimate of drug-likeness (QED) is 0.0214. The molecule has 0 bridgehead atoms. The summed E-state index contributed by atoms with van der Waals surface area (Å²) in [4.78, 5) is 23.0. The second kappa shape index (κ2) is 46.3. The molecule has 366 valence electrons. The maximum atomic E-state index is 12.7. The summed E-state index contributed by atoms with van der Waals surface area (Å²) in [6.45, 7) is 5.59. The van der Waals surface area contributed by atoms with Gasteiger partial charge in [0.15, 0.2) is 0 Å². The summed E-state index contributed by atoms with van der Waals surface area (Å²) in [5.74, 6) is -0.325. The fourth-order valence-electron chi connectivity index (χ4n) is 7.33. The fraction of sp³-hybridized carbons (Fsp3) is 0.868. The van der Waals surface area contributed by atoms with Crippen molar-refractivity contribution in [3.05, 3.63) is 36.5 Å². The lowest BCUT2D eigenvalue weighted by molar-refractivity contribution is -0.870. The van der Waals surface area contributed by atoms with E-state index in [1.807, 2.05) is 21.1 Å². The van der Waals surface area contributed by atoms with Gasteiger partial charge in [-0.1, -0.05) is 204 Å². The van der Waals surface area contributed by atoms with Crippen LogP contribution in [-0.4, -0.2) is 75.6 Å². The molecule has 0 saturated carbocycles. The summed E-state index contributed by atoms with van der Waals surface area (Å²) in [5, 5.41) is 0. The second-order valence-corrected chi connectivity index (χ2v) is 20.4. The number of rotatable bonds is 49. The molecule has 62 heavy (non-hydrogen) atoms. The normalized spacial score (nSPS) is 13.8. The predicted molar refractivity (Wildman–Crippen MR) is 266 cm³/mol. The van der Waals surface area contributed by atoms with Crippen molar-refractivity contribution in [2.75, 3.05) is 54.1 Å². The summed E-state index contributed by atoms with van der Waals surface area (Å²) >= 11 is 0. The van der Waals surface area contributed by atoms with Gasteiger partial charge in [0.25, 0.3) is 0 Å². The minimum atomic E-state index is -4.28. The van der Waals surface area contributed by atoms with Gasteiger partial charge in [-0.2, -0.15) is 0 Å². The van der Waals surface area contributed by atoms with E-state index in [1.165, 1.54) is 161 Å². The highest BCUT2D eigenvalue weighted by molar-refractivity contribution is 7.47. The molecule has 2 atom stereocenters. The Morgan fingerprint density at radius 1 is 0.500 bits per heavy atom. The average molecular weight is 897 g/mol. The van der Waals surface area contributed by atoms with Gasteiger partial charge < -0.3 is 18.9 Å². The minimum Gasteiger partial charge on any atom is -0.457 e. The number of unbranched alkanes of at least 4 members (excludes halogenated alkanes) is 29. The van der Waals surface area contributed by atoms with Crippen molar-refractivity contribution in [3.63, 3.8) is 0 Å². The van der Waals surface area contributed by atoms with E-state index in [-0.39, 0.29) is 25.8 Å². The van der Waals surface area contributed by atoms with Crippen molar-refractivity contribution in [2.24, 2.45) is 0 Å². The van der Waals surface area contributed by atoms with Gasteiger partial charge in [-0.05, 0) is 64.2 Å². The molecular formula is C53H103NO7P+. The molecule has 0 spiro atoms. The molecule has 0 aromatic rings. The first-order chi connectivity index (χ1) is 30.1. The van der Waals surface area contributed by atoms with Gasteiger partial charge in [-0.3, -0.25) is 13.8 Å². The maximum absolute atomic E-state index is 12.7. The van der Waals surface area contributed by atoms with Crippen molar-refractivity contribution < 1.29 is 37.3 Å². The Morgan fingerprint density at radius 2 is 0.903 bits per heavy atom. The molecule has 0 aliphatic carbocycles. The van der Waals surface area contributed by atoms with Crippen molar-refractivity contribution in [3.8, 4) is 0 Å². The average Bonchev–Trinajstić information content (AvgIpc) is 3.23. The van der Waals surface area contributed by atoms with E-state index in [1.54, 1.807) is 0 Å². The molecule has 0 aliphatic rings. The molecule has 9 heteroatoms. The highest BCUT2D eigenvalue weighted by atomic mass is 31.2. The Bertz CT molecular complexity index is 1090. The van der Waals surface area contributed by atoms with Crippen LogP contribution in [0.15, 0.2) is 36.5 Å². The number of likely N-dealkylation sites (N-methyl/N-ethyl adjacent to an activating group) is 1. The highest BCUT2D eigenvalue weighted by Gasteiger charge is 2.26. The zero-order valence-electron chi connectivity index (χ0n) is 41.6. The molecule has 0 amide bonds. The van der Waals surface area contributed by atoms with Crippen molar-refractivity contribution in [2.45, 2.75) is 245 Å². The largest absolute Gasteiger partial charge is 0.472 e. The molecule has 2 unspecified atom stereocenters. The van der Waals surface area contributed by atoms with E-state index in [9.17, 15) is 14.3 Å². The topological polar surface area (TPSA) is 91.3 Å². The van der Waals surface area contributed by atoms with Gasteiger partial charge in [0.1, 0.15) is 19.3 Å². The van der Waals surface area contributed by atoms with Gasteiger partial charge in [-0.25, -0.2) is 4.57 Å². The number of hydrogen-bond donors (Lipinski definition) is 1. The number of ether oxygens (including phenoxy) is 2. The second-order valence-electron chi connectivity index (χ2n) is 18.9. The van der Waals surface area contributed by atoms with Crippen LogP contribution in [-0.2, 0) is 27.9 Å². The summed E-state index contributed by atoms with van der Waals surface area (Å²) < 4.78 is 35.1. The Kier molecular flexibility index (Phi) is 45.3. The number of esters is 1. The Balaban J connectivity index is 4.04. The highest BCUT2D eigenvalue weighted by Crippen LogP contribution is 2.43. The first kappa shape index (κ1) is 60.7. The Morgan fingerprint density at radius 3 is 1.37 bits per heavy atom. The number of nitrogens with zero attached hydrogens (tertiary/aromatic N) is 1. The lowest BCUT2D eigenvalue weighted by Crippen LogP contribution is -2.37. The number of carbonyl (C=O) groups is 1. The van der Waals surface area contributed by atoms with Gasteiger partial charge >= 0.3 is 13.8 Å². The summed E-state index contributed by atoms with van der Waals surface area (Å²) in [7, 11) is 1.66. The van der Waals surface area contributed by atoms with Crippen LogP contribution >= 0.6 is 7.82 Å². The summed E-state index contributed by atoms with van der Waals surface area (Å²) in [5.41, 5.74) is 0. The SMILES string of the molecule is CCCC/C=C\C/C=C\CCCCCCCC(=O)OC(COCCCCCCCCCCCCCCCC/C=C\CCCCCCCCCC)COP(=O)(O)OCC[N+](C)(C)C. The smallest absolute Gasteiger partial charge is 0.457 e. The van der Waals surface area contributed by atoms with Gasteiger partial charge in [0.05, 0.1) is 34.4 Å². The van der Waals surface area contributed by atoms with E-state index in [2.05, 4.69) is 50.3 Å². The van der Waals surface area contributed by atoms with E-state index in [0.29, 0.717) is 24.1 Å². The first-order valence-corrected chi connectivity index (χ1v) is 27.7. The van der Waals surface area contributed by atoms with Crippen LogP contribution in [0.4, 0.5) is 0 Å². The molecule has 0 aliphatic heterocycles. The van der Waals surface area contributed by atoms with Crippen molar-refractivity contribution in [1.29, 1.82) is 0 Å². The van der Waals surface area contributed by atoms with E-state index < -0.39 is 13.9 Å². The summed E-state index contributed by atoms with van der Waals surface area (Å²) in [6.07, 6.45) is 56.3. The lowest BCUT2D eigenvalue weighted by Gasteiger charge is -2.24. The van der Waals surface area contributed by atoms with E-state index in [0.717, 1.165) is 57.8 Å². The van der Waals surface area contributed by atoms with Gasteiger partial charge in [-0.15, -0.1) is 0 Å². The molecule has 0 fully saturated rings. The monoisotopic (exact) mass is 897 g/mol. The molecule has 0 aromatic heterocycles. The number of phosphoric acid groups is 1. The van der Waals surface area contributed by atoms with Crippen LogP contribution in [0.2, 0.25) is 0 Å². The Labute approximate surface area is 385 Å². The lowest BCUT2D eigenvalue weighted by atomic mass is 10.0. The van der Waals surface area contributed by atoms with Crippen molar-refractivity contribution >= 4 is 13.8 Å². The van der Waals surface area contributed by atoms with Gasteiger partial charge in [0.2, 0.25) is 0 Å². The van der Waals surface area contributed by atoms with Crippen LogP contribution in [0, 0.1) is 0 Å². The zero-order valence-corrected chi connectivity index (χ0v) is 42.5. The molecule has 0 saturated heterocycles. The van der Waals surface area contributed by atoms with Crippen LogP contribution in [0.1, 0.15) is 239 Å². The Hall–Kier alpha value is -1.28. The van der Waals surface area contributed by atoms with Crippen LogP contribution in [0.3, 0.4) is 0 Å². The molecule has 1 N–H and O–H groups in total. The zero-order chi connectivity index (χ0) is 45.5. The predicted octanol–water partition coefficient (Wildman–Crippen LogP) is 16.1. The maximum Gasteiger partial charge on any atom is 0.472 e. The number of phosphoric ester groups is 1. The number of carbonyl (C=O) groups excluding carboxylic acids is 1. The third-order valence-corrected chi connectivity index (χ3v) is 12.4. The van der Waals surface area contributed by atoms with Crippen LogP contribution < -0.4 is 0 Å². The van der Waals surface area contributed by atoms with Crippen LogP contribution in [0.5, 0.6) is 0 Å². The van der Waals surface area contributed by atoms with E-state index >= 15 is 0 Å². The van der Waals surface area contributed by atoms with Crippen LogP contribution in [0.25, 0.3) is 0 Å². The molecule has 0 aromatic carbocycles. The molecular weight excluding hydrogens is 794 g/mol. The van der Waals surface area contributed by atoms with E-state index in [4.69, 9.17) is 18.5 Å². The minimum absolute atomic E-state index is 0.0864. The third kappa shape index (κ3) is 49.7. The fourth-order valence-corrected chi connectivity index (χ4v) is 8.07. The number of allylic oxidation sites excluding steroid dienone is 6.